The van der Waals surface area contributed by atoms with Crippen LogP contribution in [0.5, 0.6) is 0 Å². The lowest BCUT2D eigenvalue weighted by molar-refractivity contribution is -0.117. The van der Waals surface area contributed by atoms with Gasteiger partial charge in [0.15, 0.2) is 0 Å². The van der Waals surface area contributed by atoms with Gasteiger partial charge in [-0.2, -0.15) is 15.5 Å². The van der Waals surface area contributed by atoms with E-state index in [0.717, 1.165) is 41.0 Å². The summed E-state index contributed by atoms with van der Waals surface area (Å²) in [7, 11) is 1.87. The summed E-state index contributed by atoms with van der Waals surface area (Å²) < 4.78 is 3.43. The minimum Gasteiger partial charge on any atom is -0.367 e. The third-order valence-corrected chi connectivity index (χ3v) is 5.76. The highest BCUT2D eigenvalue weighted by Crippen LogP contribution is 2.25. The molecule has 1 saturated heterocycles. The number of pyridine rings is 1. The van der Waals surface area contributed by atoms with Crippen LogP contribution >= 0.6 is 0 Å². The number of carbonyl (C=O) groups is 1. The molecular weight excluding hydrogens is 426 g/mol. The SMILES string of the molecule is C=CC(=O)NC1CN(c2ccc(C#Cc3cc(-c4cnn(C)c4)cn4ncc(C#N)c34)cc2)C1. The highest BCUT2D eigenvalue weighted by atomic mass is 16.1. The third-order valence-electron chi connectivity index (χ3n) is 5.76. The molecule has 0 aliphatic carbocycles. The topological polar surface area (TPSA) is 91.2 Å². The second kappa shape index (κ2) is 8.61. The van der Waals surface area contributed by atoms with E-state index in [0.29, 0.717) is 11.1 Å². The molecule has 0 radical (unpaired) electrons. The maximum absolute atomic E-state index is 11.4. The molecule has 8 heteroatoms. The lowest BCUT2D eigenvalue weighted by Gasteiger charge is -2.41. The normalized spacial score (nSPS) is 13.0. The van der Waals surface area contributed by atoms with E-state index in [2.05, 4.69) is 44.9 Å². The largest absolute Gasteiger partial charge is 0.367 e. The van der Waals surface area contributed by atoms with Crippen LogP contribution in [0.3, 0.4) is 0 Å². The van der Waals surface area contributed by atoms with E-state index < -0.39 is 0 Å². The number of fused-ring (bicyclic) bond motifs is 1. The predicted molar refractivity (Wildman–Crippen MR) is 129 cm³/mol. The molecule has 1 fully saturated rings. The predicted octanol–water partition coefficient (Wildman–Crippen LogP) is 2.50. The number of nitriles is 1. The smallest absolute Gasteiger partial charge is 0.243 e. The number of benzene rings is 1. The first kappa shape index (κ1) is 21.0. The van der Waals surface area contributed by atoms with E-state index in [4.69, 9.17) is 0 Å². The van der Waals surface area contributed by atoms with E-state index in [1.54, 1.807) is 21.6 Å². The van der Waals surface area contributed by atoms with Crippen LogP contribution < -0.4 is 10.2 Å². The Labute approximate surface area is 196 Å². The van der Waals surface area contributed by atoms with Crippen molar-refractivity contribution in [3.63, 3.8) is 0 Å². The van der Waals surface area contributed by atoms with E-state index in [1.807, 2.05) is 49.8 Å². The molecule has 4 heterocycles. The summed E-state index contributed by atoms with van der Waals surface area (Å²) in [6.07, 6.45) is 8.44. The zero-order valence-corrected chi connectivity index (χ0v) is 18.6. The van der Waals surface area contributed by atoms with Crippen LogP contribution in [0.1, 0.15) is 16.7 Å². The summed E-state index contributed by atoms with van der Waals surface area (Å²) in [5, 5.41) is 21.0. The van der Waals surface area contributed by atoms with Crippen molar-refractivity contribution in [1.82, 2.24) is 24.7 Å². The van der Waals surface area contributed by atoms with Crippen molar-refractivity contribution in [1.29, 1.82) is 5.26 Å². The first-order valence-corrected chi connectivity index (χ1v) is 10.7. The summed E-state index contributed by atoms with van der Waals surface area (Å²) >= 11 is 0. The number of hydrogen-bond acceptors (Lipinski definition) is 5. The number of anilines is 1. The number of aryl methyl sites for hydroxylation is 1. The van der Waals surface area contributed by atoms with Crippen molar-refractivity contribution in [3.8, 4) is 29.0 Å². The molecule has 0 bridgehead atoms. The quantitative estimate of drug-likeness (QED) is 0.383. The molecule has 5 rings (SSSR count). The van der Waals surface area contributed by atoms with Crippen LogP contribution in [0.2, 0.25) is 0 Å². The van der Waals surface area contributed by atoms with Crippen molar-refractivity contribution in [2.75, 3.05) is 18.0 Å². The summed E-state index contributed by atoms with van der Waals surface area (Å²) in [4.78, 5) is 13.6. The number of nitrogens with one attached hydrogen (secondary N) is 1. The van der Waals surface area contributed by atoms with Gasteiger partial charge >= 0.3 is 0 Å². The molecule has 166 valence electrons. The fraction of sp³-hybridized carbons (Fsp3) is 0.154. The maximum Gasteiger partial charge on any atom is 0.243 e. The molecule has 1 amide bonds. The fourth-order valence-corrected chi connectivity index (χ4v) is 3.96. The van der Waals surface area contributed by atoms with Gasteiger partial charge in [-0.1, -0.05) is 18.4 Å². The van der Waals surface area contributed by atoms with Crippen LogP contribution in [-0.2, 0) is 11.8 Å². The Morgan fingerprint density at radius 3 is 2.59 bits per heavy atom. The third kappa shape index (κ3) is 4.01. The van der Waals surface area contributed by atoms with Gasteiger partial charge in [-0.05, 0) is 36.4 Å². The minimum absolute atomic E-state index is 0.143. The second-order valence-corrected chi connectivity index (χ2v) is 8.12. The van der Waals surface area contributed by atoms with Crippen molar-refractivity contribution in [3.05, 3.63) is 84.5 Å². The van der Waals surface area contributed by atoms with Gasteiger partial charge in [-0.25, -0.2) is 4.52 Å². The van der Waals surface area contributed by atoms with Crippen LogP contribution in [-0.4, -0.2) is 44.4 Å². The Balaban J connectivity index is 1.40. The Hall–Kier alpha value is -4.82. The summed E-state index contributed by atoms with van der Waals surface area (Å²) in [5.41, 5.74) is 5.71. The fourth-order valence-electron chi connectivity index (χ4n) is 3.96. The maximum atomic E-state index is 11.4. The monoisotopic (exact) mass is 447 g/mol. The van der Waals surface area contributed by atoms with Crippen LogP contribution in [0.15, 0.2) is 67.8 Å². The van der Waals surface area contributed by atoms with Crippen molar-refractivity contribution < 1.29 is 4.79 Å². The Morgan fingerprint density at radius 2 is 1.91 bits per heavy atom. The molecule has 0 atom stereocenters. The number of aromatic nitrogens is 4. The van der Waals surface area contributed by atoms with Gasteiger partial charge in [-0.15, -0.1) is 0 Å². The van der Waals surface area contributed by atoms with Gasteiger partial charge < -0.3 is 10.2 Å². The number of nitrogens with zero attached hydrogens (tertiary/aromatic N) is 6. The standard InChI is InChI=1S/C26H21N7O/c1-3-25(34)30-23-16-32(17-23)24-8-5-18(6-9-24)4-7-19-10-20(22-13-28-31(2)14-22)15-33-26(19)21(11-27)12-29-33/h3,5-6,8-10,12-15,23H,1,16-17H2,2H3,(H,30,34). The van der Waals surface area contributed by atoms with Crippen molar-refractivity contribution >= 4 is 17.1 Å². The van der Waals surface area contributed by atoms with Gasteiger partial charge in [-0.3, -0.25) is 9.48 Å². The van der Waals surface area contributed by atoms with E-state index >= 15 is 0 Å². The summed E-state index contributed by atoms with van der Waals surface area (Å²) in [6.45, 7) is 5.01. The summed E-state index contributed by atoms with van der Waals surface area (Å²) in [5.74, 6) is 6.30. The van der Waals surface area contributed by atoms with Gasteiger partial charge in [0.1, 0.15) is 6.07 Å². The lowest BCUT2D eigenvalue weighted by Crippen LogP contribution is -2.59. The molecule has 0 spiro atoms. The molecule has 1 aliphatic rings. The Morgan fingerprint density at radius 1 is 1.12 bits per heavy atom. The van der Waals surface area contributed by atoms with E-state index in [-0.39, 0.29) is 11.9 Å². The van der Waals surface area contributed by atoms with Crippen LogP contribution in [0.25, 0.3) is 16.6 Å². The summed E-state index contributed by atoms with van der Waals surface area (Å²) in [6, 6.07) is 12.3. The van der Waals surface area contributed by atoms with Gasteiger partial charge in [0, 0.05) is 54.9 Å². The van der Waals surface area contributed by atoms with Gasteiger partial charge in [0.2, 0.25) is 5.91 Å². The zero-order chi connectivity index (χ0) is 23.7. The molecule has 1 N–H and O–H groups in total. The van der Waals surface area contributed by atoms with Gasteiger partial charge in [0.05, 0.1) is 35.1 Å². The lowest BCUT2D eigenvalue weighted by atomic mass is 10.1. The number of rotatable bonds is 4. The molecule has 0 unspecified atom stereocenters. The number of carbonyl (C=O) groups excluding carboxylic acids is 1. The van der Waals surface area contributed by atoms with Crippen molar-refractivity contribution in [2.24, 2.45) is 7.05 Å². The molecule has 0 saturated carbocycles. The second-order valence-electron chi connectivity index (χ2n) is 8.12. The van der Waals surface area contributed by atoms with Crippen LogP contribution in [0.4, 0.5) is 5.69 Å². The number of amides is 1. The highest BCUT2D eigenvalue weighted by Gasteiger charge is 2.27. The molecule has 34 heavy (non-hydrogen) atoms. The first-order chi connectivity index (χ1) is 16.5. The van der Waals surface area contributed by atoms with Crippen molar-refractivity contribution in [2.45, 2.75) is 6.04 Å². The Bertz CT molecular complexity index is 1500. The molecule has 8 nitrogen and oxygen atoms in total. The zero-order valence-electron chi connectivity index (χ0n) is 18.6. The average molecular weight is 448 g/mol. The minimum atomic E-state index is -0.144. The molecule has 4 aromatic rings. The highest BCUT2D eigenvalue weighted by molar-refractivity contribution is 5.87. The van der Waals surface area contributed by atoms with E-state index in [1.165, 1.54) is 6.08 Å². The molecular formula is C26H21N7O. The average Bonchev–Trinajstić information content (AvgIpc) is 3.45. The van der Waals surface area contributed by atoms with E-state index in [9.17, 15) is 10.1 Å². The molecule has 1 aromatic carbocycles. The first-order valence-electron chi connectivity index (χ1n) is 10.7. The Kier molecular flexibility index (Phi) is 5.33. The molecule has 3 aromatic heterocycles. The van der Waals surface area contributed by atoms with Gasteiger partial charge in [0.25, 0.3) is 0 Å². The molecule has 1 aliphatic heterocycles. The number of hydrogen-bond donors (Lipinski definition) is 1. The van der Waals surface area contributed by atoms with Crippen LogP contribution in [0, 0.1) is 23.2 Å².